The molecule has 1 atom stereocenters. The van der Waals surface area contributed by atoms with E-state index in [9.17, 15) is 18.3 Å². The van der Waals surface area contributed by atoms with Crippen LogP contribution in [0.2, 0.25) is 0 Å². The third kappa shape index (κ3) is 5.34. The van der Waals surface area contributed by atoms with Gasteiger partial charge in [-0.05, 0) is 48.6 Å². The van der Waals surface area contributed by atoms with E-state index in [0.717, 1.165) is 37.8 Å². The number of rotatable bonds is 8. The lowest BCUT2D eigenvalue weighted by Gasteiger charge is -2.07. The second kappa shape index (κ2) is 9.53. The zero-order valence-corrected chi connectivity index (χ0v) is 17.3. The van der Waals surface area contributed by atoms with Crippen LogP contribution in [-0.2, 0) is 12.6 Å². The fraction of sp³-hybridized carbons (Fsp3) is 0.280. The van der Waals surface area contributed by atoms with Crippen molar-refractivity contribution < 1.29 is 22.7 Å². The van der Waals surface area contributed by atoms with Crippen LogP contribution in [0.25, 0.3) is 22.4 Å². The van der Waals surface area contributed by atoms with Gasteiger partial charge in [-0.15, -0.1) is 0 Å². The summed E-state index contributed by atoms with van der Waals surface area (Å²) in [6, 6.07) is 16.8. The van der Waals surface area contributed by atoms with E-state index >= 15 is 0 Å². The van der Waals surface area contributed by atoms with E-state index in [-0.39, 0.29) is 5.89 Å². The molecule has 2 aromatic carbocycles. The number of aromatic nitrogens is 2. The first-order chi connectivity index (χ1) is 15.4. The lowest BCUT2D eigenvalue weighted by molar-refractivity contribution is -0.137. The Morgan fingerprint density at radius 3 is 2.38 bits per heavy atom. The minimum absolute atomic E-state index is 0.208. The molecule has 32 heavy (non-hydrogen) atoms. The van der Waals surface area contributed by atoms with Crippen molar-refractivity contribution >= 4 is 11.2 Å². The number of aryl methyl sites for hydroxylation is 1. The smallest absolute Gasteiger partial charge is 0.416 e. The number of unbranched alkanes of at least 4 members (excludes halogenated alkanes) is 2. The Morgan fingerprint density at radius 2 is 1.66 bits per heavy atom. The predicted octanol–water partition coefficient (Wildman–Crippen LogP) is 6.75. The first kappa shape index (κ1) is 22.0. The summed E-state index contributed by atoms with van der Waals surface area (Å²) in [5.41, 5.74) is 2.55. The van der Waals surface area contributed by atoms with E-state index in [1.54, 1.807) is 6.07 Å². The quantitative estimate of drug-likeness (QED) is 0.308. The Morgan fingerprint density at radius 1 is 0.906 bits per heavy atom. The number of aliphatic hydroxyl groups excluding tert-OH is 1. The number of hydrogen-bond donors (Lipinski definition) is 1. The molecule has 4 aromatic rings. The van der Waals surface area contributed by atoms with E-state index in [1.807, 2.05) is 18.2 Å². The lowest BCUT2D eigenvalue weighted by Crippen LogP contribution is -2.03. The molecule has 0 radical (unpaired) electrons. The summed E-state index contributed by atoms with van der Waals surface area (Å²) >= 11 is 0. The van der Waals surface area contributed by atoms with E-state index in [4.69, 9.17) is 4.42 Å². The van der Waals surface area contributed by atoms with Crippen molar-refractivity contribution in [1.82, 2.24) is 9.97 Å². The van der Waals surface area contributed by atoms with E-state index in [0.29, 0.717) is 28.8 Å². The lowest BCUT2D eigenvalue weighted by atomic mass is 10.0. The Balaban J connectivity index is 1.36. The zero-order valence-electron chi connectivity index (χ0n) is 17.3. The van der Waals surface area contributed by atoms with Crippen molar-refractivity contribution in [3.8, 4) is 11.1 Å². The normalized spacial score (nSPS) is 12.9. The summed E-state index contributed by atoms with van der Waals surface area (Å²) in [6.45, 7) is 0. The molecule has 2 aromatic heterocycles. The number of fused-ring (bicyclic) bond motifs is 1. The zero-order chi connectivity index (χ0) is 22.6. The van der Waals surface area contributed by atoms with Gasteiger partial charge in [0.2, 0.25) is 5.89 Å². The second-order valence-electron chi connectivity index (χ2n) is 7.77. The van der Waals surface area contributed by atoms with Gasteiger partial charge in [0.1, 0.15) is 6.10 Å². The number of hydrogen-bond acceptors (Lipinski definition) is 4. The third-order valence-electron chi connectivity index (χ3n) is 5.38. The van der Waals surface area contributed by atoms with Crippen LogP contribution in [0.5, 0.6) is 0 Å². The molecule has 0 aliphatic carbocycles. The van der Waals surface area contributed by atoms with E-state index < -0.39 is 17.8 Å². The van der Waals surface area contributed by atoms with Gasteiger partial charge in [0.05, 0.1) is 5.56 Å². The van der Waals surface area contributed by atoms with Crippen LogP contribution in [0.15, 0.2) is 71.3 Å². The molecule has 4 nitrogen and oxygen atoms in total. The molecule has 0 fully saturated rings. The molecule has 1 unspecified atom stereocenters. The topological polar surface area (TPSA) is 59.2 Å². The molecule has 1 N–H and O–H groups in total. The molecular formula is C25H23F3N2O2. The number of benzene rings is 2. The van der Waals surface area contributed by atoms with Crippen LogP contribution in [0.4, 0.5) is 13.2 Å². The standard InChI is InChI=1S/C25H23F3N2O2/c26-25(27,28)20-13-11-18(12-14-20)19-15-22-23(29-16-19)30-24(32-22)21(31)10-6-2-5-9-17-7-3-1-4-8-17/h1,3-4,7-8,11-16,21,31H,2,5-6,9-10H2. The monoisotopic (exact) mass is 440 g/mol. The SMILES string of the molecule is OC(CCCCCc1ccccc1)c1nc2ncc(-c3ccc(C(F)(F)F)cc3)cc2o1. The number of nitrogens with zero attached hydrogens (tertiary/aromatic N) is 2. The van der Waals surface area contributed by atoms with Gasteiger partial charge in [0, 0.05) is 11.8 Å². The van der Waals surface area contributed by atoms with Gasteiger partial charge in [-0.2, -0.15) is 18.2 Å². The summed E-state index contributed by atoms with van der Waals surface area (Å²) in [7, 11) is 0. The fourth-order valence-electron chi connectivity index (χ4n) is 3.60. The highest BCUT2D eigenvalue weighted by Gasteiger charge is 2.30. The molecular weight excluding hydrogens is 417 g/mol. The maximum Gasteiger partial charge on any atom is 0.416 e. The fourth-order valence-corrected chi connectivity index (χ4v) is 3.60. The van der Waals surface area contributed by atoms with Crippen LogP contribution < -0.4 is 0 Å². The largest absolute Gasteiger partial charge is 0.436 e. The number of pyridine rings is 1. The van der Waals surface area contributed by atoms with E-state index in [1.165, 1.54) is 23.9 Å². The predicted molar refractivity (Wildman–Crippen MR) is 116 cm³/mol. The maximum atomic E-state index is 12.8. The minimum Gasteiger partial charge on any atom is -0.436 e. The van der Waals surface area contributed by atoms with Gasteiger partial charge >= 0.3 is 6.18 Å². The van der Waals surface area contributed by atoms with Crippen molar-refractivity contribution in [3.63, 3.8) is 0 Å². The highest BCUT2D eigenvalue weighted by Crippen LogP contribution is 2.32. The Hall–Kier alpha value is -3.19. The van der Waals surface area contributed by atoms with Crippen LogP contribution in [-0.4, -0.2) is 15.1 Å². The molecule has 0 aliphatic heterocycles. The molecule has 0 aliphatic rings. The number of alkyl halides is 3. The summed E-state index contributed by atoms with van der Waals surface area (Å²) < 4.78 is 44.0. The first-order valence-electron chi connectivity index (χ1n) is 10.6. The van der Waals surface area contributed by atoms with Crippen LogP contribution >= 0.6 is 0 Å². The molecule has 166 valence electrons. The number of aliphatic hydroxyl groups is 1. The van der Waals surface area contributed by atoms with Gasteiger partial charge in [0.15, 0.2) is 11.2 Å². The second-order valence-corrected chi connectivity index (χ2v) is 7.77. The van der Waals surface area contributed by atoms with Crippen molar-refractivity contribution in [2.24, 2.45) is 0 Å². The van der Waals surface area contributed by atoms with Crippen LogP contribution in [0, 0.1) is 0 Å². The number of oxazole rings is 1. The number of halogens is 3. The average molecular weight is 440 g/mol. The molecule has 2 heterocycles. The Bertz CT molecular complexity index is 1160. The summed E-state index contributed by atoms with van der Waals surface area (Å²) in [6.07, 6.45) is 0.757. The molecule has 0 amide bonds. The molecule has 0 saturated carbocycles. The third-order valence-corrected chi connectivity index (χ3v) is 5.38. The molecule has 0 spiro atoms. The van der Waals surface area contributed by atoms with Gasteiger partial charge in [0.25, 0.3) is 0 Å². The van der Waals surface area contributed by atoms with Gasteiger partial charge in [-0.25, -0.2) is 4.98 Å². The average Bonchev–Trinajstić information content (AvgIpc) is 3.22. The Labute approximate surface area is 183 Å². The van der Waals surface area contributed by atoms with Crippen molar-refractivity contribution in [3.05, 3.63) is 83.9 Å². The Kier molecular flexibility index (Phi) is 6.55. The molecule has 7 heteroatoms. The van der Waals surface area contributed by atoms with Crippen LogP contribution in [0.1, 0.15) is 48.8 Å². The van der Waals surface area contributed by atoms with Crippen molar-refractivity contribution in [2.75, 3.05) is 0 Å². The maximum absolute atomic E-state index is 12.8. The summed E-state index contributed by atoms with van der Waals surface area (Å²) in [5, 5.41) is 10.4. The van der Waals surface area contributed by atoms with Crippen molar-refractivity contribution in [1.29, 1.82) is 0 Å². The van der Waals surface area contributed by atoms with Gasteiger partial charge in [-0.3, -0.25) is 0 Å². The van der Waals surface area contributed by atoms with Crippen molar-refractivity contribution in [2.45, 2.75) is 44.4 Å². The van der Waals surface area contributed by atoms with Gasteiger partial charge in [-0.1, -0.05) is 55.3 Å². The molecule has 0 saturated heterocycles. The summed E-state index contributed by atoms with van der Waals surface area (Å²) in [4.78, 5) is 8.50. The molecule has 0 bridgehead atoms. The highest BCUT2D eigenvalue weighted by molar-refractivity contribution is 5.76. The minimum atomic E-state index is -4.38. The first-order valence-corrected chi connectivity index (χ1v) is 10.6. The van der Waals surface area contributed by atoms with E-state index in [2.05, 4.69) is 22.1 Å². The highest BCUT2D eigenvalue weighted by atomic mass is 19.4. The van der Waals surface area contributed by atoms with Gasteiger partial charge < -0.3 is 9.52 Å². The summed E-state index contributed by atoms with van der Waals surface area (Å²) in [5.74, 6) is 0.208. The molecule has 4 rings (SSSR count). The van der Waals surface area contributed by atoms with Crippen LogP contribution in [0.3, 0.4) is 0 Å².